The maximum Gasteiger partial charge on any atom is 0.261 e. The predicted octanol–water partition coefficient (Wildman–Crippen LogP) is 5.42. The van der Waals surface area contributed by atoms with Crippen LogP contribution in [0.1, 0.15) is 28.2 Å². The van der Waals surface area contributed by atoms with E-state index in [9.17, 15) is 4.79 Å². The Kier molecular flexibility index (Phi) is 5.05. The predicted molar refractivity (Wildman–Crippen MR) is 111 cm³/mol. The monoisotopic (exact) mass is 398 g/mol. The molecule has 4 rings (SSSR count). The van der Waals surface area contributed by atoms with E-state index in [0.717, 1.165) is 28.5 Å². The molecule has 2 heterocycles. The second-order valence-electron chi connectivity index (χ2n) is 6.36. The molecule has 1 aliphatic heterocycles. The molecule has 0 aliphatic carbocycles. The lowest BCUT2D eigenvalue weighted by atomic mass is 10.1. The van der Waals surface area contributed by atoms with E-state index in [2.05, 4.69) is 10.2 Å². The fourth-order valence-electron chi connectivity index (χ4n) is 3.11. The molecule has 0 unspecified atom stereocenters. The fourth-order valence-corrected chi connectivity index (χ4v) is 4.22. The summed E-state index contributed by atoms with van der Waals surface area (Å²) in [5.74, 6) is 0.741. The van der Waals surface area contributed by atoms with Crippen molar-refractivity contribution in [2.45, 2.75) is 13.0 Å². The van der Waals surface area contributed by atoms with Gasteiger partial charge in [0.1, 0.15) is 12.4 Å². The molecule has 1 N–H and O–H groups in total. The average molecular weight is 399 g/mol. The van der Waals surface area contributed by atoms with Crippen LogP contribution in [0.25, 0.3) is 0 Å². The first-order valence-corrected chi connectivity index (χ1v) is 9.97. The Morgan fingerprint density at radius 1 is 1.19 bits per heavy atom. The van der Waals surface area contributed by atoms with Gasteiger partial charge in [-0.05, 0) is 42.8 Å². The first kappa shape index (κ1) is 17.9. The lowest BCUT2D eigenvalue weighted by Gasteiger charge is -2.30. The molecule has 0 radical (unpaired) electrons. The summed E-state index contributed by atoms with van der Waals surface area (Å²) in [6.07, 6.45) is 0. The third-order valence-corrected chi connectivity index (χ3v) is 5.86. The van der Waals surface area contributed by atoms with Crippen molar-refractivity contribution in [3.05, 3.63) is 76.1 Å². The summed E-state index contributed by atoms with van der Waals surface area (Å²) in [6, 6.07) is 19.3. The highest BCUT2D eigenvalue weighted by atomic mass is 35.5. The molecule has 0 saturated heterocycles. The van der Waals surface area contributed by atoms with Crippen LogP contribution in [0.4, 0.5) is 10.7 Å². The van der Waals surface area contributed by atoms with Crippen LogP contribution < -0.4 is 15.0 Å². The summed E-state index contributed by atoms with van der Waals surface area (Å²) in [6.45, 7) is 3.30. The Morgan fingerprint density at radius 2 is 2.00 bits per heavy atom. The van der Waals surface area contributed by atoms with Gasteiger partial charge >= 0.3 is 0 Å². The molecule has 1 aliphatic rings. The standard InChI is InChI=1S/C21H19ClN2O2S/c1-14(15-5-3-2-4-6-15)23-21(25)19-9-10-20(27-19)24-11-12-26-18-8-7-16(22)13-17(18)24/h2-10,13-14H,11-12H2,1H3,(H,23,25)/t14-/m1/s1. The van der Waals surface area contributed by atoms with Crippen LogP contribution >= 0.6 is 22.9 Å². The third-order valence-electron chi connectivity index (χ3n) is 4.51. The van der Waals surface area contributed by atoms with E-state index in [1.54, 1.807) is 0 Å². The van der Waals surface area contributed by atoms with Crippen molar-refractivity contribution >= 4 is 39.5 Å². The van der Waals surface area contributed by atoms with Crippen LogP contribution in [0, 0.1) is 0 Å². The van der Waals surface area contributed by atoms with Crippen molar-refractivity contribution < 1.29 is 9.53 Å². The summed E-state index contributed by atoms with van der Waals surface area (Å²) in [5, 5.41) is 4.73. The molecule has 0 saturated carbocycles. The van der Waals surface area contributed by atoms with Gasteiger partial charge < -0.3 is 15.0 Å². The van der Waals surface area contributed by atoms with Gasteiger partial charge in [-0.2, -0.15) is 0 Å². The fraction of sp³-hybridized carbons (Fsp3) is 0.190. The molecule has 27 heavy (non-hydrogen) atoms. The van der Waals surface area contributed by atoms with Gasteiger partial charge in [0.05, 0.1) is 28.2 Å². The van der Waals surface area contributed by atoms with E-state index >= 15 is 0 Å². The number of nitrogens with one attached hydrogen (secondary N) is 1. The van der Waals surface area contributed by atoms with E-state index in [4.69, 9.17) is 16.3 Å². The molecule has 0 fully saturated rings. The molecule has 0 bridgehead atoms. The zero-order valence-electron chi connectivity index (χ0n) is 14.8. The Hall–Kier alpha value is -2.50. The number of hydrogen-bond acceptors (Lipinski definition) is 4. The summed E-state index contributed by atoms with van der Waals surface area (Å²) in [5.41, 5.74) is 2.01. The van der Waals surface area contributed by atoms with Crippen molar-refractivity contribution in [3.63, 3.8) is 0 Å². The average Bonchev–Trinajstić information content (AvgIpc) is 3.18. The summed E-state index contributed by atoms with van der Waals surface area (Å²) in [4.78, 5) is 15.5. The van der Waals surface area contributed by atoms with E-state index in [-0.39, 0.29) is 11.9 Å². The second kappa shape index (κ2) is 7.62. The lowest BCUT2D eigenvalue weighted by molar-refractivity contribution is 0.0944. The van der Waals surface area contributed by atoms with Crippen LogP contribution in [-0.2, 0) is 0 Å². The highest BCUT2D eigenvalue weighted by Crippen LogP contribution is 2.40. The van der Waals surface area contributed by atoms with E-state index in [0.29, 0.717) is 16.5 Å². The Labute approximate surface area is 167 Å². The number of anilines is 2. The minimum absolute atomic E-state index is 0.0489. The van der Waals surface area contributed by atoms with Crippen molar-refractivity contribution in [1.82, 2.24) is 5.32 Å². The Balaban J connectivity index is 1.53. The van der Waals surface area contributed by atoms with Gasteiger partial charge in [-0.1, -0.05) is 41.9 Å². The number of nitrogens with zero attached hydrogens (tertiary/aromatic N) is 1. The maximum absolute atomic E-state index is 12.7. The van der Waals surface area contributed by atoms with Crippen LogP contribution in [-0.4, -0.2) is 19.1 Å². The van der Waals surface area contributed by atoms with Crippen LogP contribution in [0.15, 0.2) is 60.7 Å². The lowest BCUT2D eigenvalue weighted by Crippen LogP contribution is -2.28. The number of hydrogen-bond donors (Lipinski definition) is 1. The van der Waals surface area contributed by atoms with Crippen molar-refractivity contribution in [1.29, 1.82) is 0 Å². The third kappa shape index (κ3) is 3.80. The van der Waals surface area contributed by atoms with Gasteiger partial charge in [-0.25, -0.2) is 0 Å². The van der Waals surface area contributed by atoms with Crippen molar-refractivity contribution in [2.75, 3.05) is 18.1 Å². The van der Waals surface area contributed by atoms with E-state index < -0.39 is 0 Å². The van der Waals surface area contributed by atoms with Crippen molar-refractivity contribution in [2.24, 2.45) is 0 Å². The number of carbonyl (C=O) groups excluding carboxylic acids is 1. The molecule has 1 aromatic heterocycles. The zero-order valence-corrected chi connectivity index (χ0v) is 16.4. The Bertz CT molecular complexity index is 958. The summed E-state index contributed by atoms with van der Waals surface area (Å²) >= 11 is 7.63. The van der Waals surface area contributed by atoms with Crippen LogP contribution in [0.2, 0.25) is 5.02 Å². The first-order chi connectivity index (χ1) is 13.1. The van der Waals surface area contributed by atoms with E-state index in [1.807, 2.05) is 67.6 Å². The molecule has 3 aromatic rings. The number of benzene rings is 2. The van der Waals surface area contributed by atoms with Gasteiger partial charge in [-0.15, -0.1) is 11.3 Å². The number of halogens is 1. The van der Waals surface area contributed by atoms with Crippen LogP contribution in [0.5, 0.6) is 5.75 Å². The molecule has 6 heteroatoms. The molecule has 138 valence electrons. The van der Waals surface area contributed by atoms with Gasteiger partial charge in [0.25, 0.3) is 5.91 Å². The zero-order chi connectivity index (χ0) is 18.8. The minimum atomic E-state index is -0.0674. The van der Waals surface area contributed by atoms with Crippen molar-refractivity contribution in [3.8, 4) is 5.75 Å². The molecule has 0 spiro atoms. The van der Waals surface area contributed by atoms with Gasteiger partial charge in [0, 0.05) is 5.02 Å². The topological polar surface area (TPSA) is 41.6 Å². The number of fused-ring (bicyclic) bond motifs is 1. The number of thiophene rings is 1. The van der Waals surface area contributed by atoms with E-state index in [1.165, 1.54) is 11.3 Å². The largest absolute Gasteiger partial charge is 0.490 e. The molecule has 4 nitrogen and oxygen atoms in total. The summed E-state index contributed by atoms with van der Waals surface area (Å²) < 4.78 is 5.71. The SMILES string of the molecule is C[C@@H](NC(=O)c1ccc(N2CCOc3ccc(Cl)cc32)s1)c1ccccc1. The first-order valence-electron chi connectivity index (χ1n) is 8.77. The summed E-state index contributed by atoms with van der Waals surface area (Å²) in [7, 11) is 0. The highest BCUT2D eigenvalue weighted by Gasteiger charge is 2.22. The minimum Gasteiger partial charge on any atom is -0.490 e. The molecule has 1 atom stereocenters. The number of amides is 1. The molecular weight excluding hydrogens is 380 g/mol. The maximum atomic E-state index is 12.7. The van der Waals surface area contributed by atoms with Crippen LogP contribution in [0.3, 0.4) is 0 Å². The quantitative estimate of drug-likeness (QED) is 0.637. The van der Waals surface area contributed by atoms with Gasteiger partial charge in [0.15, 0.2) is 0 Å². The Morgan fingerprint density at radius 3 is 2.81 bits per heavy atom. The number of rotatable bonds is 4. The smallest absolute Gasteiger partial charge is 0.261 e. The number of ether oxygens (including phenoxy) is 1. The highest BCUT2D eigenvalue weighted by molar-refractivity contribution is 7.18. The van der Waals surface area contributed by atoms with Gasteiger partial charge in [-0.3, -0.25) is 4.79 Å². The molecule has 2 aromatic carbocycles. The normalized spacial score (nSPS) is 14.2. The molecule has 1 amide bonds. The second-order valence-corrected chi connectivity index (χ2v) is 7.85. The van der Waals surface area contributed by atoms with Gasteiger partial charge in [0.2, 0.25) is 0 Å². The molecular formula is C21H19ClN2O2S. The number of carbonyl (C=O) groups is 1.